The third kappa shape index (κ3) is 4.73. The van der Waals surface area contributed by atoms with Crippen LogP contribution >= 0.6 is 22.6 Å². The van der Waals surface area contributed by atoms with Gasteiger partial charge in [0.15, 0.2) is 0 Å². The fourth-order valence-corrected chi connectivity index (χ4v) is 3.15. The van der Waals surface area contributed by atoms with Gasteiger partial charge < -0.3 is 10.2 Å². The van der Waals surface area contributed by atoms with E-state index in [0.717, 1.165) is 40.8 Å². The van der Waals surface area contributed by atoms with E-state index in [1.54, 1.807) is 6.20 Å². The van der Waals surface area contributed by atoms with Gasteiger partial charge in [-0.25, -0.2) is 0 Å². The zero-order valence-electron chi connectivity index (χ0n) is 12.7. The first-order chi connectivity index (χ1) is 10.6. The Morgan fingerprint density at radius 2 is 2.00 bits per heavy atom. The molecule has 0 bridgehead atoms. The van der Waals surface area contributed by atoms with E-state index in [1.807, 2.05) is 31.2 Å². The van der Waals surface area contributed by atoms with Gasteiger partial charge in [-0.05, 0) is 66.1 Å². The molecule has 4 nitrogen and oxygen atoms in total. The molecule has 1 aromatic carbocycles. The monoisotopic (exact) mass is 409 g/mol. The molecule has 0 radical (unpaired) electrons. The summed E-state index contributed by atoms with van der Waals surface area (Å²) in [6, 6.07) is 7.84. The fraction of sp³-hybridized carbons (Fsp3) is 0.412. The highest BCUT2D eigenvalue weighted by atomic mass is 127. The van der Waals surface area contributed by atoms with Crippen LogP contribution in [0.4, 0.5) is 5.69 Å². The molecule has 0 aliphatic carbocycles. The predicted molar refractivity (Wildman–Crippen MR) is 96.3 cm³/mol. The Balaban J connectivity index is 2.09. The van der Waals surface area contributed by atoms with Gasteiger partial charge in [0.05, 0.1) is 0 Å². The average Bonchev–Trinajstić information content (AvgIpc) is 2.76. The third-order valence-electron chi connectivity index (χ3n) is 3.75. The Bertz CT molecular complexity index is 611. The highest BCUT2D eigenvalue weighted by molar-refractivity contribution is 14.1. The highest BCUT2D eigenvalue weighted by Gasteiger charge is 2.13. The van der Waals surface area contributed by atoms with E-state index in [1.165, 1.54) is 12.8 Å². The third-order valence-corrected chi connectivity index (χ3v) is 4.43. The van der Waals surface area contributed by atoms with Crippen molar-refractivity contribution in [2.45, 2.75) is 32.6 Å². The second-order valence-corrected chi connectivity index (χ2v) is 6.76. The molecule has 0 aromatic heterocycles. The molecular weight excluding hydrogens is 389 g/mol. The van der Waals surface area contributed by atoms with Crippen LogP contribution in [0.3, 0.4) is 0 Å². The van der Waals surface area contributed by atoms with Crippen molar-refractivity contribution in [3.8, 4) is 6.07 Å². The lowest BCUT2D eigenvalue weighted by Gasteiger charge is -2.18. The smallest absolute Gasteiger partial charge is 0.267 e. The number of hydrogen-bond donors (Lipinski definition) is 1. The first-order valence-corrected chi connectivity index (χ1v) is 8.61. The van der Waals surface area contributed by atoms with Crippen molar-refractivity contribution in [1.82, 2.24) is 4.90 Å². The van der Waals surface area contributed by atoms with Crippen molar-refractivity contribution in [3.05, 3.63) is 39.1 Å². The summed E-state index contributed by atoms with van der Waals surface area (Å²) in [4.78, 5) is 14.4. The lowest BCUT2D eigenvalue weighted by molar-refractivity contribution is -0.112. The summed E-state index contributed by atoms with van der Waals surface area (Å²) in [5.41, 5.74) is 1.91. The van der Waals surface area contributed by atoms with Crippen molar-refractivity contribution in [2.24, 2.45) is 0 Å². The summed E-state index contributed by atoms with van der Waals surface area (Å²) < 4.78 is 1.12. The molecule has 0 spiro atoms. The lowest BCUT2D eigenvalue weighted by Crippen LogP contribution is -2.22. The summed E-state index contributed by atoms with van der Waals surface area (Å²) in [5.74, 6) is -0.337. The minimum absolute atomic E-state index is 0.167. The number of anilines is 1. The topological polar surface area (TPSA) is 56.1 Å². The lowest BCUT2D eigenvalue weighted by atomic mass is 10.2. The second-order valence-electron chi connectivity index (χ2n) is 5.52. The zero-order chi connectivity index (χ0) is 15.9. The number of rotatable bonds is 3. The Morgan fingerprint density at radius 1 is 1.32 bits per heavy atom. The van der Waals surface area contributed by atoms with Crippen LogP contribution in [0.25, 0.3) is 0 Å². The van der Waals surface area contributed by atoms with E-state index < -0.39 is 0 Å². The number of amides is 1. The van der Waals surface area contributed by atoms with Crippen LogP contribution in [0.15, 0.2) is 30.0 Å². The van der Waals surface area contributed by atoms with Crippen LogP contribution in [0.1, 0.15) is 31.2 Å². The summed E-state index contributed by atoms with van der Waals surface area (Å²) in [6.07, 6.45) is 6.39. The number of nitrogens with zero attached hydrogens (tertiary/aromatic N) is 2. The number of nitrogens with one attached hydrogen (secondary N) is 1. The number of nitriles is 1. The first-order valence-electron chi connectivity index (χ1n) is 7.53. The number of hydrogen-bond acceptors (Lipinski definition) is 3. The molecule has 1 aliphatic heterocycles. The van der Waals surface area contributed by atoms with E-state index in [2.05, 4.69) is 32.8 Å². The van der Waals surface area contributed by atoms with Crippen molar-refractivity contribution >= 4 is 34.2 Å². The van der Waals surface area contributed by atoms with E-state index in [0.29, 0.717) is 0 Å². The van der Waals surface area contributed by atoms with Gasteiger partial charge >= 0.3 is 0 Å². The molecule has 0 unspecified atom stereocenters. The molecule has 1 N–H and O–H groups in total. The molecular formula is C17H20IN3O. The van der Waals surface area contributed by atoms with Crippen molar-refractivity contribution in [2.75, 3.05) is 18.4 Å². The molecule has 5 heteroatoms. The van der Waals surface area contributed by atoms with Gasteiger partial charge in [0.25, 0.3) is 5.91 Å². The molecule has 0 atom stereocenters. The second kappa shape index (κ2) is 8.18. The molecule has 1 aliphatic rings. The number of carbonyl (C=O) groups is 1. The largest absolute Gasteiger partial charge is 0.376 e. The Kier molecular flexibility index (Phi) is 6.25. The van der Waals surface area contributed by atoms with Gasteiger partial charge in [-0.3, -0.25) is 4.79 Å². The highest BCUT2D eigenvalue weighted by Crippen LogP contribution is 2.18. The van der Waals surface area contributed by atoms with Crippen LogP contribution < -0.4 is 5.32 Å². The maximum atomic E-state index is 12.3. The Morgan fingerprint density at radius 3 is 2.59 bits per heavy atom. The Labute approximate surface area is 145 Å². The van der Waals surface area contributed by atoms with E-state index in [-0.39, 0.29) is 11.5 Å². The van der Waals surface area contributed by atoms with E-state index >= 15 is 0 Å². The Hall–Kier alpha value is -1.55. The molecule has 1 fully saturated rings. The van der Waals surface area contributed by atoms with Gasteiger partial charge in [-0.2, -0.15) is 5.26 Å². The van der Waals surface area contributed by atoms with Gasteiger partial charge in [-0.1, -0.05) is 12.8 Å². The SMILES string of the molecule is Cc1cc(I)ccc1NC(=O)/C(C#N)=C\N1CCCCCC1. The van der Waals surface area contributed by atoms with Gasteiger partial charge in [0, 0.05) is 28.5 Å². The minimum Gasteiger partial charge on any atom is -0.376 e. The molecule has 1 aromatic rings. The molecule has 1 amide bonds. The zero-order valence-corrected chi connectivity index (χ0v) is 14.9. The summed E-state index contributed by atoms with van der Waals surface area (Å²) in [7, 11) is 0. The van der Waals surface area contributed by atoms with Crippen LogP contribution in [0.2, 0.25) is 0 Å². The number of likely N-dealkylation sites (tertiary alicyclic amines) is 1. The molecule has 2 rings (SSSR count). The number of halogens is 1. The van der Waals surface area contributed by atoms with Crippen molar-refractivity contribution < 1.29 is 4.79 Å². The van der Waals surface area contributed by atoms with Crippen LogP contribution in [-0.2, 0) is 4.79 Å². The van der Waals surface area contributed by atoms with Crippen molar-refractivity contribution in [3.63, 3.8) is 0 Å². The standard InChI is InChI=1S/C17H20IN3O/c1-13-10-15(18)6-7-16(13)20-17(22)14(11-19)12-21-8-4-2-3-5-9-21/h6-7,10,12H,2-5,8-9H2,1H3,(H,20,22)/b14-12-. The minimum atomic E-state index is -0.337. The quantitative estimate of drug-likeness (QED) is 0.469. The molecule has 0 saturated carbocycles. The first kappa shape index (κ1) is 16.8. The average molecular weight is 409 g/mol. The summed E-state index contributed by atoms with van der Waals surface area (Å²) >= 11 is 2.23. The van der Waals surface area contributed by atoms with Gasteiger partial charge in [0.2, 0.25) is 0 Å². The van der Waals surface area contributed by atoms with E-state index in [4.69, 9.17) is 0 Å². The molecule has 116 valence electrons. The number of benzene rings is 1. The fourth-order valence-electron chi connectivity index (χ4n) is 2.50. The number of aryl methyl sites for hydroxylation is 1. The normalized spacial score (nSPS) is 15.9. The number of carbonyl (C=O) groups excluding carboxylic acids is 1. The van der Waals surface area contributed by atoms with E-state index in [9.17, 15) is 10.1 Å². The van der Waals surface area contributed by atoms with Crippen LogP contribution in [0.5, 0.6) is 0 Å². The maximum absolute atomic E-state index is 12.3. The molecule has 1 heterocycles. The van der Waals surface area contributed by atoms with Crippen molar-refractivity contribution in [1.29, 1.82) is 5.26 Å². The van der Waals surface area contributed by atoms with Gasteiger partial charge in [0.1, 0.15) is 11.6 Å². The maximum Gasteiger partial charge on any atom is 0.267 e. The van der Waals surface area contributed by atoms with Gasteiger partial charge in [-0.15, -0.1) is 0 Å². The molecule has 22 heavy (non-hydrogen) atoms. The molecule has 1 saturated heterocycles. The van der Waals surface area contributed by atoms with Crippen LogP contribution in [0, 0.1) is 21.8 Å². The summed E-state index contributed by atoms with van der Waals surface area (Å²) in [5, 5.41) is 12.1. The summed E-state index contributed by atoms with van der Waals surface area (Å²) in [6.45, 7) is 3.78. The van der Waals surface area contributed by atoms with Crippen LogP contribution in [-0.4, -0.2) is 23.9 Å². The predicted octanol–water partition coefficient (Wildman–Crippen LogP) is 3.82.